The summed E-state index contributed by atoms with van der Waals surface area (Å²) in [6.07, 6.45) is 1.05. The number of piperazine rings is 1. The smallest absolute Gasteiger partial charge is 0.173 e. The van der Waals surface area contributed by atoms with E-state index in [2.05, 4.69) is 95.4 Å². The molecule has 2 heterocycles. The van der Waals surface area contributed by atoms with Crippen molar-refractivity contribution in [3.05, 3.63) is 65.9 Å². The van der Waals surface area contributed by atoms with Crippen molar-refractivity contribution < 1.29 is 0 Å². The SMILES string of the molecule is CCNC(=S)N(CC)c1cccc(CCN2CCN(c3cccc4nc(C)ccc34)CC2)c1. The quantitative estimate of drug-likeness (QED) is 0.517. The molecule has 5 nitrogen and oxygen atoms in total. The molecule has 0 atom stereocenters. The summed E-state index contributed by atoms with van der Waals surface area (Å²) in [7, 11) is 0. The fourth-order valence-electron chi connectivity index (χ4n) is 4.59. The molecule has 0 saturated carbocycles. The molecule has 0 bridgehead atoms. The molecule has 0 aliphatic carbocycles. The third-order valence-electron chi connectivity index (χ3n) is 6.39. The maximum Gasteiger partial charge on any atom is 0.173 e. The molecule has 4 rings (SSSR count). The minimum absolute atomic E-state index is 0.798. The van der Waals surface area contributed by atoms with Gasteiger partial charge in [0.25, 0.3) is 0 Å². The van der Waals surface area contributed by atoms with Gasteiger partial charge in [-0.2, -0.15) is 0 Å². The maximum absolute atomic E-state index is 5.55. The lowest BCUT2D eigenvalue weighted by Crippen LogP contribution is -2.47. The van der Waals surface area contributed by atoms with Crippen LogP contribution in [0.2, 0.25) is 0 Å². The van der Waals surface area contributed by atoms with Crippen LogP contribution >= 0.6 is 12.2 Å². The van der Waals surface area contributed by atoms with Gasteiger partial charge >= 0.3 is 0 Å². The molecule has 1 aliphatic heterocycles. The number of nitrogens with zero attached hydrogens (tertiary/aromatic N) is 4. The lowest BCUT2D eigenvalue weighted by Gasteiger charge is -2.36. The van der Waals surface area contributed by atoms with Crippen LogP contribution in [0.25, 0.3) is 10.9 Å². The molecule has 174 valence electrons. The highest BCUT2D eigenvalue weighted by Gasteiger charge is 2.19. The predicted octanol–water partition coefficient (Wildman–Crippen LogP) is 4.63. The van der Waals surface area contributed by atoms with Crippen molar-refractivity contribution in [1.82, 2.24) is 15.2 Å². The van der Waals surface area contributed by atoms with Crippen molar-refractivity contribution in [2.45, 2.75) is 27.2 Å². The van der Waals surface area contributed by atoms with E-state index >= 15 is 0 Å². The number of aromatic nitrogens is 1. The number of thiocarbonyl (C=S) groups is 1. The summed E-state index contributed by atoms with van der Waals surface area (Å²) in [4.78, 5) is 12.0. The molecule has 1 aliphatic rings. The van der Waals surface area contributed by atoms with Crippen LogP contribution in [0.15, 0.2) is 54.6 Å². The molecular formula is C27H35N5S. The number of pyridine rings is 1. The van der Waals surface area contributed by atoms with Crippen molar-refractivity contribution >= 4 is 39.6 Å². The summed E-state index contributed by atoms with van der Waals surface area (Å²) >= 11 is 5.55. The van der Waals surface area contributed by atoms with Gasteiger partial charge in [0.2, 0.25) is 0 Å². The number of fused-ring (bicyclic) bond motifs is 1. The number of aryl methyl sites for hydroxylation is 1. The molecule has 2 aromatic carbocycles. The molecular weight excluding hydrogens is 426 g/mol. The Morgan fingerprint density at radius 2 is 1.82 bits per heavy atom. The molecule has 3 aromatic rings. The van der Waals surface area contributed by atoms with E-state index in [0.29, 0.717) is 0 Å². The van der Waals surface area contributed by atoms with Crippen LogP contribution < -0.4 is 15.1 Å². The second-order valence-corrected chi connectivity index (χ2v) is 9.01. The van der Waals surface area contributed by atoms with Crippen LogP contribution in [0.5, 0.6) is 0 Å². The van der Waals surface area contributed by atoms with Gasteiger partial charge in [-0.15, -0.1) is 0 Å². The molecule has 1 N–H and O–H groups in total. The zero-order chi connectivity index (χ0) is 23.2. The van der Waals surface area contributed by atoms with Crippen molar-refractivity contribution in [3.8, 4) is 0 Å². The molecule has 1 aromatic heterocycles. The van der Waals surface area contributed by atoms with Crippen molar-refractivity contribution in [2.75, 3.05) is 55.6 Å². The average Bonchev–Trinajstić information content (AvgIpc) is 2.83. The second-order valence-electron chi connectivity index (χ2n) is 8.62. The molecule has 0 unspecified atom stereocenters. The largest absolute Gasteiger partial charge is 0.368 e. The van der Waals surface area contributed by atoms with Crippen LogP contribution in [0.4, 0.5) is 11.4 Å². The Morgan fingerprint density at radius 1 is 1.03 bits per heavy atom. The zero-order valence-electron chi connectivity index (χ0n) is 20.1. The van der Waals surface area contributed by atoms with Crippen molar-refractivity contribution in [3.63, 3.8) is 0 Å². The van der Waals surface area contributed by atoms with Gasteiger partial charge in [-0.3, -0.25) is 9.88 Å². The molecule has 0 radical (unpaired) electrons. The Hall–Kier alpha value is -2.70. The monoisotopic (exact) mass is 461 g/mol. The first-order valence-corrected chi connectivity index (χ1v) is 12.5. The van der Waals surface area contributed by atoms with Crippen LogP contribution in [0.3, 0.4) is 0 Å². The Labute approximate surface area is 203 Å². The van der Waals surface area contributed by atoms with Gasteiger partial charge in [-0.05, 0) is 81.4 Å². The lowest BCUT2D eigenvalue weighted by atomic mass is 10.1. The molecule has 1 saturated heterocycles. The molecule has 0 amide bonds. The minimum Gasteiger partial charge on any atom is -0.368 e. The Bertz CT molecular complexity index is 1090. The summed E-state index contributed by atoms with van der Waals surface area (Å²) in [5.41, 5.74) is 6.00. The maximum atomic E-state index is 5.55. The zero-order valence-corrected chi connectivity index (χ0v) is 20.9. The number of anilines is 2. The van der Waals surface area contributed by atoms with Crippen molar-refractivity contribution in [2.24, 2.45) is 0 Å². The summed E-state index contributed by atoms with van der Waals surface area (Å²) < 4.78 is 0. The average molecular weight is 462 g/mol. The van der Waals surface area contributed by atoms with Gasteiger partial charge in [-0.1, -0.05) is 18.2 Å². The Morgan fingerprint density at radius 3 is 2.58 bits per heavy atom. The van der Waals surface area contributed by atoms with Gasteiger partial charge in [0.15, 0.2) is 5.11 Å². The van der Waals surface area contributed by atoms with Crippen LogP contribution in [-0.4, -0.2) is 60.8 Å². The number of hydrogen-bond donors (Lipinski definition) is 1. The van der Waals surface area contributed by atoms with Crippen LogP contribution in [-0.2, 0) is 6.42 Å². The molecule has 0 spiro atoms. The van der Waals surface area contributed by atoms with E-state index in [1.54, 1.807) is 0 Å². The van der Waals surface area contributed by atoms with Crippen LogP contribution in [0, 0.1) is 6.92 Å². The summed E-state index contributed by atoms with van der Waals surface area (Å²) in [6, 6.07) is 19.6. The second kappa shape index (κ2) is 10.9. The summed E-state index contributed by atoms with van der Waals surface area (Å²) in [5.74, 6) is 0. The summed E-state index contributed by atoms with van der Waals surface area (Å²) in [5, 5.41) is 5.32. The molecule has 33 heavy (non-hydrogen) atoms. The Balaban J connectivity index is 1.35. The first-order chi connectivity index (χ1) is 16.1. The fourth-order valence-corrected chi connectivity index (χ4v) is 4.96. The third-order valence-corrected chi connectivity index (χ3v) is 6.75. The van der Waals surface area contributed by atoms with Gasteiger partial charge in [0.05, 0.1) is 5.52 Å². The van der Waals surface area contributed by atoms with E-state index in [9.17, 15) is 0 Å². The lowest BCUT2D eigenvalue weighted by molar-refractivity contribution is 0.261. The molecule has 1 fully saturated rings. The molecule has 6 heteroatoms. The number of nitrogens with one attached hydrogen (secondary N) is 1. The predicted molar refractivity (Wildman–Crippen MR) is 145 cm³/mol. The number of rotatable bonds is 7. The first-order valence-electron chi connectivity index (χ1n) is 12.1. The fraction of sp³-hybridized carbons (Fsp3) is 0.407. The number of hydrogen-bond acceptors (Lipinski definition) is 4. The highest BCUT2D eigenvalue weighted by molar-refractivity contribution is 7.80. The number of benzene rings is 2. The van der Waals surface area contributed by atoms with Crippen LogP contribution in [0.1, 0.15) is 25.1 Å². The topological polar surface area (TPSA) is 34.6 Å². The van der Waals surface area contributed by atoms with E-state index < -0.39 is 0 Å². The van der Waals surface area contributed by atoms with E-state index in [1.807, 2.05) is 0 Å². The highest BCUT2D eigenvalue weighted by atomic mass is 32.1. The van der Waals surface area contributed by atoms with E-state index in [4.69, 9.17) is 17.2 Å². The Kier molecular flexibility index (Phi) is 7.78. The van der Waals surface area contributed by atoms with Gasteiger partial charge in [0, 0.05) is 68.3 Å². The van der Waals surface area contributed by atoms with Gasteiger partial charge < -0.3 is 15.1 Å². The van der Waals surface area contributed by atoms with Gasteiger partial charge in [0.1, 0.15) is 0 Å². The summed E-state index contributed by atoms with van der Waals surface area (Å²) in [6.45, 7) is 13.3. The first kappa shape index (κ1) is 23.5. The minimum atomic E-state index is 0.798. The highest BCUT2D eigenvalue weighted by Crippen LogP contribution is 2.27. The third kappa shape index (κ3) is 5.63. The van der Waals surface area contributed by atoms with Gasteiger partial charge in [-0.25, -0.2) is 0 Å². The van der Waals surface area contributed by atoms with E-state index in [1.165, 1.54) is 22.3 Å². The van der Waals surface area contributed by atoms with E-state index in [0.717, 1.165) is 68.6 Å². The van der Waals surface area contributed by atoms with E-state index in [-0.39, 0.29) is 0 Å². The van der Waals surface area contributed by atoms with Crippen molar-refractivity contribution in [1.29, 1.82) is 0 Å². The normalized spacial score (nSPS) is 14.5. The standard InChI is InChI=1S/C27H35N5S/c1-4-28-27(33)32(5-2)23-9-6-8-22(20-23)14-15-30-16-18-31(19-17-30)26-11-7-10-25-24(26)13-12-21(3)29-25/h6-13,20H,4-5,14-19H2,1-3H3,(H,28,33).